The average Bonchev–Trinajstić information content (AvgIpc) is 3.25. The molecule has 0 bridgehead atoms. The van der Waals surface area contributed by atoms with Crippen LogP contribution in [0.2, 0.25) is 5.02 Å². The average molecular weight is 440 g/mol. The van der Waals surface area contributed by atoms with Crippen molar-refractivity contribution in [2.45, 2.75) is 25.8 Å². The number of fused-ring (bicyclic) bond motifs is 1. The van der Waals surface area contributed by atoms with Gasteiger partial charge < -0.3 is 10.2 Å². The van der Waals surface area contributed by atoms with Gasteiger partial charge in [-0.25, -0.2) is 4.98 Å². The van der Waals surface area contributed by atoms with E-state index in [2.05, 4.69) is 24.1 Å². The van der Waals surface area contributed by atoms with Crippen molar-refractivity contribution >= 4 is 40.6 Å². The van der Waals surface area contributed by atoms with E-state index in [0.29, 0.717) is 22.9 Å². The van der Waals surface area contributed by atoms with Gasteiger partial charge in [-0.15, -0.1) is 11.3 Å². The number of carbonyl (C=O) groups excluding carboxylic acids is 2. The minimum Gasteiger partial charge on any atom is -0.329 e. The maximum absolute atomic E-state index is 13.5. The van der Waals surface area contributed by atoms with E-state index in [-0.39, 0.29) is 23.8 Å². The SMILES string of the molecule is CC(C)CN1C(=O)c2ccccc2[C@H](C(=O)Nc2ccc(Cl)cn2)[C@@H]1c1cccs1. The van der Waals surface area contributed by atoms with E-state index in [1.54, 1.807) is 29.5 Å². The van der Waals surface area contributed by atoms with Crippen LogP contribution in [0.15, 0.2) is 60.1 Å². The lowest BCUT2D eigenvalue weighted by molar-refractivity contribution is -0.119. The Kier molecular flexibility index (Phi) is 5.88. The topological polar surface area (TPSA) is 62.3 Å². The molecule has 30 heavy (non-hydrogen) atoms. The predicted octanol–water partition coefficient (Wildman–Crippen LogP) is 5.37. The molecule has 2 atom stereocenters. The fourth-order valence-corrected chi connectivity index (χ4v) is 4.89. The van der Waals surface area contributed by atoms with Gasteiger partial charge in [-0.05, 0) is 41.1 Å². The Hall–Kier alpha value is -2.70. The summed E-state index contributed by atoms with van der Waals surface area (Å²) in [5.74, 6) is -0.0838. The van der Waals surface area contributed by atoms with E-state index in [1.807, 2.05) is 40.6 Å². The van der Waals surface area contributed by atoms with E-state index in [0.717, 1.165) is 10.4 Å². The van der Waals surface area contributed by atoms with Gasteiger partial charge in [-0.1, -0.05) is 49.7 Å². The molecule has 2 aromatic heterocycles. The van der Waals surface area contributed by atoms with Crippen LogP contribution in [0.5, 0.6) is 0 Å². The molecule has 0 saturated carbocycles. The second-order valence-corrected chi connectivity index (χ2v) is 9.14. The first-order valence-electron chi connectivity index (χ1n) is 9.81. The Labute approximate surface area is 184 Å². The molecule has 1 aromatic carbocycles. The van der Waals surface area contributed by atoms with E-state index in [9.17, 15) is 9.59 Å². The van der Waals surface area contributed by atoms with Crippen LogP contribution in [0.25, 0.3) is 0 Å². The Bertz CT molecular complexity index is 1050. The van der Waals surface area contributed by atoms with E-state index < -0.39 is 5.92 Å². The van der Waals surface area contributed by atoms with Crippen molar-refractivity contribution in [3.63, 3.8) is 0 Å². The van der Waals surface area contributed by atoms with Crippen molar-refractivity contribution in [1.29, 1.82) is 0 Å². The highest BCUT2D eigenvalue weighted by atomic mass is 35.5. The normalized spacial score (nSPS) is 18.4. The van der Waals surface area contributed by atoms with Gasteiger partial charge >= 0.3 is 0 Å². The number of nitrogens with zero attached hydrogens (tertiary/aromatic N) is 2. The third kappa shape index (κ3) is 3.98. The molecule has 0 fully saturated rings. The smallest absolute Gasteiger partial charge is 0.254 e. The second-order valence-electron chi connectivity index (χ2n) is 7.73. The molecule has 4 rings (SSSR count). The molecular formula is C23H22ClN3O2S. The molecular weight excluding hydrogens is 418 g/mol. The largest absolute Gasteiger partial charge is 0.329 e. The quantitative estimate of drug-likeness (QED) is 0.581. The molecule has 5 nitrogen and oxygen atoms in total. The molecule has 0 saturated heterocycles. The zero-order valence-corrected chi connectivity index (χ0v) is 18.3. The van der Waals surface area contributed by atoms with Crippen LogP contribution >= 0.6 is 22.9 Å². The maximum Gasteiger partial charge on any atom is 0.254 e. The number of amides is 2. The molecule has 0 unspecified atom stereocenters. The summed E-state index contributed by atoms with van der Waals surface area (Å²) in [5.41, 5.74) is 1.32. The van der Waals surface area contributed by atoms with Crippen molar-refractivity contribution in [3.8, 4) is 0 Å². The molecule has 3 aromatic rings. The number of anilines is 1. The summed E-state index contributed by atoms with van der Waals surface area (Å²) in [6.07, 6.45) is 1.50. The van der Waals surface area contributed by atoms with Gasteiger partial charge in [0.25, 0.3) is 5.91 Å². The Morgan fingerprint density at radius 2 is 2.00 bits per heavy atom. The second kappa shape index (κ2) is 8.58. The molecule has 7 heteroatoms. The first-order chi connectivity index (χ1) is 14.5. The molecule has 154 valence electrons. The third-order valence-corrected chi connectivity index (χ3v) is 6.26. The lowest BCUT2D eigenvalue weighted by Gasteiger charge is -2.41. The van der Waals surface area contributed by atoms with Crippen LogP contribution in [-0.2, 0) is 4.79 Å². The van der Waals surface area contributed by atoms with Gasteiger partial charge in [0.05, 0.1) is 17.0 Å². The number of hydrogen-bond acceptors (Lipinski definition) is 4. The highest BCUT2D eigenvalue weighted by molar-refractivity contribution is 7.10. The third-order valence-electron chi connectivity index (χ3n) is 5.10. The number of pyridine rings is 1. The Morgan fingerprint density at radius 3 is 2.67 bits per heavy atom. The first-order valence-corrected chi connectivity index (χ1v) is 11.1. The molecule has 3 heterocycles. The summed E-state index contributed by atoms with van der Waals surface area (Å²) in [7, 11) is 0. The number of carbonyl (C=O) groups is 2. The fourth-order valence-electron chi connectivity index (χ4n) is 3.90. The zero-order chi connectivity index (χ0) is 21.3. The molecule has 1 N–H and O–H groups in total. The number of thiophene rings is 1. The number of nitrogens with one attached hydrogen (secondary N) is 1. The molecule has 0 spiro atoms. The summed E-state index contributed by atoms with van der Waals surface area (Å²) in [4.78, 5) is 34.0. The van der Waals surface area contributed by atoms with Crippen LogP contribution in [0.4, 0.5) is 5.82 Å². The fraction of sp³-hybridized carbons (Fsp3) is 0.261. The standard InChI is InChI=1S/C23H22ClN3O2S/c1-14(2)13-27-21(18-8-5-11-30-18)20(16-6-3-4-7-17(16)23(27)29)22(28)26-19-10-9-15(24)12-25-19/h3-12,14,20-21H,13H2,1-2H3,(H,25,26,28)/t20-,21-/m0/s1. The van der Waals surface area contributed by atoms with Crippen molar-refractivity contribution in [2.75, 3.05) is 11.9 Å². The predicted molar refractivity (Wildman–Crippen MR) is 120 cm³/mol. The Balaban J connectivity index is 1.80. The summed E-state index contributed by atoms with van der Waals surface area (Å²) in [6.45, 7) is 4.72. The highest BCUT2D eigenvalue weighted by Gasteiger charge is 2.44. The highest BCUT2D eigenvalue weighted by Crippen LogP contribution is 2.44. The summed E-state index contributed by atoms with van der Waals surface area (Å²) in [6, 6.07) is 14.3. The summed E-state index contributed by atoms with van der Waals surface area (Å²) < 4.78 is 0. The first kappa shape index (κ1) is 20.6. The van der Waals surface area contributed by atoms with Gasteiger partial charge in [-0.3, -0.25) is 9.59 Å². The van der Waals surface area contributed by atoms with Crippen molar-refractivity contribution in [3.05, 3.63) is 81.1 Å². The Morgan fingerprint density at radius 1 is 1.20 bits per heavy atom. The molecule has 0 radical (unpaired) electrons. The van der Waals surface area contributed by atoms with Gasteiger partial charge in [0.2, 0.25) is 5.91 Å². The van der Waals surface area contributed by atoms with Crippen molar-refractivity contribution in [1.82, 2.24) is 9.88 Å². The summed E-state index contributed by atoms with van der Waals surface area (Å²) in [5, 5.41) is 5.40. The summed E-state index contributed by atoms with van der Waals surface area (Å²) >= 11 is 7.48. The van der Waals surface area contributed by atoms with Crippen molar-refractivity contribution in [2.24, 2.45) is 5.92 Å². The van der Waals surface area contributed by atoms with Gasteiger partial charge in [0.15, 0.2) is 0 Å². The molecule has 1 aliphatic rings. The lowest BCUT2D eigenvalue weighted by Crippen LogP contribution is -2.47. The molecule has 1 aliphatic heterocycles. The number of rotatable bonds is 5. The lowest BCUT2D eigenvalue weighted by atomic mass is 9.81. The number of hydrogen-bond donors (Lipinski definition) is 1. The van der Waals surface area contributed by atoms with Gasteiger partial charge in [0, 0.05) is 23.2 Å². The van der Waals surface area contributed by atoms with E-state index in [1.165, 1.54) is 6.20 Å². The monoisotopic (exact) mass is 439 g/mol. The van der Waals surface area contributed by atoms with E-state index in [4.69, 9.17) is 11.6 Å². The zero-order valence-electron chi connectivity index (χ0n) is 16.7. The van der Waals surface area contributed by atoms with Crippen molar-refractivity contribution < 1.29 is 9.59 Å². The maximum atomic E-state index is 13.5. The van der Waals surface area contributed by atoms with Gasteiger partial charge in [0.1, 0.15) is 5.82 Å². The van der Waals surface area contributed by atoms with Gasteiger partial charge in [-0.2, -0.15) is 0 Å². The minimum atomic E-state index is -0.547. The van der Waals surface area contributed by atoms with Crippen LogP contribution in [0.1, 0.15) is 46.6 Å². The molecule has 0 aliphatic carbocycles. The van der Waals surface area contributed by atoms with E-state index >= 15 is 0 Å². The molecule has 2 amide bonds. The van der Waals surface area contributed by atoms with Crippen LogP contribution in [0, 0.1) is 5.92 Å². The number of halogens is 1. The van der Waals surface area contributed by atoms with Crippen LogP contribution in [-0.4, -0.2) is 28.2 Å². The minimum absolute atomic E-state index is 0.0358. The number of aromatic nitrogens is 1. The van der Waals surface area contributed by atoms with Crippen LogP contribution in [0.3, 0.4) is 0 Å². The number of benzene rings is 1. The van der Waals surface area contributed by atoms with Crippen LogP contribution < -0.4 is 5.32 Å².